The summed E-state index contributed by atoms with van der Waals surface area (Å²) in [6.07, 6.45) is 0. The Morgan fingerprint density at radius 1 is 0.909 bits per heavy atom. The molecule has 0 saturated heterocycles. The largest absolute Gasteiger partial charge is 0.492 e. The third kappa shape index (κ3) is 5.92. The number of amides is 1. The summed E-state index contributed by atoms with van der Waals surface area (Å²) < 4.78 is 13.6. The topological polar surface area (TPSA) is 65.4 Å². The molecule has 170 valence electrons. The average molecular weight is 444 g/mol. The molecule has 0 aliphatic rings. The fourth-order valence-electron chi connectivity index (χ4n) is 3.61. The van der Waals surface area contributed by atoms with E-state index >= 15 is 0 Å². The molecule has 3 aromatic carbocycles. The zero-order chi connectivity index (χ0) is 23.0. The number of fused-ring (bicyclic) bond motifs is 1. The predicted octanol–water partition coefficient (Wildman–Crippen LogP) is 4.93. The first-order chi connectivity index (χ1) is 16.1. The molecule has 0 atom stereocenters. The van der Waals surface area contributed by atoms with E-state index in [-0.39, 0.29) is 12.5 Å². The number of para-hydroxylation sites is 3. The summed E-state index contributed by atoms with van der Waals surface area (Å²) in [7, 11) is 0. The Labute approximate surface area is 194 Å². The van der Waals surface area contributed by atoms with Crippen molar-refractivity contribution in [2.24, 2.45) is 0 Å². The fraction of sp³-hybridized carbons (Fsp3) is 0.259. The number of hydrogen-bond acceptors (Lipinski definition) is 4. The van der Waals surface area contributed by atoms with E-state index in [9.17, 15) is 4.79 Å². The van der Waals surface area contributed by atoms with Crippen molar-refractivity contribution in [3.8, 4) is 11.5 Å². The molecule has 1 N–H and O–H groups in total. The van der Waals surface area contributed by atoms with Gasteiger partial charge in [-0.1, -0.05) is 56.3 Å². The third-order valence-electron chi connectivity index (χ3n) is 5.42. The van der Waals surface area contributed by atoms with E-state index in [1.807, 2.05) is 66.7 Å². The number of benzene rings is 3. The molecule has 0 radical (unpaired) electrons. The lowest BCUT2D eigenvalue weighted by Crippen LogP contribution is -2.29. The molecule has 6 nitrogen and oxygen atoms in total. The molecule has 4 aromatic rings. The highest BCUT2D eigenvalue weighted by Crippen LogP contribution is 2.20. The highest BCUT2D eigenvalue weighted by Gasteiger charge is 2.12. The first kappa shape index (κ1) is 22.4. The number of nitrogens with zero attached hydrogens (tertiary/aromatic N) is 2. The molecule has 4 rings (SSSR count). The van der Waals surface area contributed by atoms with Crippen molar-refractivity contribution < 1.29 is 14.3 Å². The van der Waals surface area contributed by atoms with Gasteiger partial charge in [-0.3, -0.25) is 4.79 Å². The van der Waals surface area contributed by atoms with Crippen molar-refractivity contribution in [3.05, 3.63) is 90.3 Å². The second-order valence-corrected chi connectivity index (χ2v) is 8.12. The van der Waals surface area contributed by atoms with Crippen molar-refractivity contribution in [1.29, 1.82) is 0 Å². The van der Waals surface area contributed by atoms with Crippen molar-refractivity contribution >= 4 is 16.9 Å². The van der Waals surface area contributed by atoms with Crippen LogP contribution in [-0.2, 0) is 17.9 Å². The van der Waals surface area contributed by atoms with Gasteiger partial charge in [-0.15, -0.1) is 0 Å². The zero-order valence-corrected chi connectivity index (χ0v) is 19.0. The summed E-state index contributed by atoms with van der Waals surface area (Å²) in [5, 5.41) is 2.91. The number of carbonyl (C=O) groups is 1. The van der Waals surface area contributed by atoms with Crippen LogP contribution in [0.1, 0.15) is 31.2 Å². The van der Waals surface area contributed by atoms with Crippen LogP contribution < -0.4 is 14.8 Å². The first-order valence-electron chi connectivity index (χ1n) is 11.2. The molecule has 6 heteroatoms. The molecule has 0 aliphatic carbocycles. The fourth-order valence-corrected chi connectivity index (χ4v) is 3.61. The highest BCUT2D eigenvalue weighted by molar-refractivity contribution is 5.78. The molecule has 0 fully saturated rings. The van der Waals surface area contributed by atoms with Crippen molar-refractivity contribution in [2.75, 3.05) is 13.2 Å². The number of aromatic nitrogens is 2. The maximum absolute atomic E-state index is 12.3. The van der Waals surface area contributed by atoms with E-state index in [1.165, 1.54) is 5.56 Å². The maximum atomic E-state index is 12.3. The van der Waals surface area contributed by atoms with Crippen LogP contribution >= 0.6 is 0 Å². The average Bonchev–Trinajstić information content (AvgIpc) is 3.20. The second-order valence-electron chi connectivity index (χ2n) is 8.12. The van der Waals surface area contributed by atoms with Crippen LogP contribution in [0.5, 0.6) is 11.5 Å². The Morgan fingerprint density at radius 3 is 2.36 bits per heavy atom. The van der Waals surface area contributed by atoms with Crippen molar-refractivity contribution in [1.82, 2.24) is 14.9 Å². The summed E-state index contributed by atoms with van der Waals surface area (Å²) in [6.45, 7) is 5.74. The predicted molar refractivity (Wildman–Crippen MR) is 130 cm³/mol. The van der Waals surface area contributed by atoms with Crippen molar-refractivity contribution in [2.45, 2.75) is 32.9 Å². The van der Waals surface area contributed by atoms with Crippen LogP contribution in [0.3, 0.4) is 0 Å². The van der Waals surface area contributed by atoms with E-state index in [1.54, 1.807) is 0 Å². The van der Waals surface area contributed by atoms with Gasteiger partial charge in [0.1, 0.15) is 23.9 Å². The van der Waals surface area contributed by atoms with Gasteiger partial charge in [-0.2, -0.15) is 0 Å². The van der Waals surface area contributed by atoms with Crippen LogP contribution in [0.4, 0.5) is 0 Å². The number of imidazole rings is 1. The smallest absolute Gasteiger partial charge is 0.258 e. The van der Waals surface area contributed by atoms with Gasteiger partial charge in [0.25, 0.3) is 5.91 Å². The standard InChI is InChI=1S/C27H29N3O3/c1-20(2)21-12-14-23(15-13-21)32-17-16-30-25-11-7-6-10-24(25)29-26(30)18-28-27(31)19-33-22-8-4-3-5-9-22/h3-15,20H,16-19H2,1-2H3,(H,28,31). The van der Waals surface area contributed by atoms with Gasteiger partial charge in [-0.25, -0.2) is 4.98 Å². The Kier molecular flexibility index (Phi) is 7.25. The quantitative estimate of drug-likeness (QED) is 0.377. The number of ether oxygens (including phenoxy) is 2. The summed E-state index contributed by atoms with van der Waals surface area (Å²) in [5.74, 6) is 2.59. The highest BCUT2D eigenvalue weighted by atomic mass is 16.5. The Hall–Kier alpha value is -3.80. The first-order valence-corrected chi connectivity index (χ1v) is 11.2. The van der Waals surface area contributed by atoms with Crippen LogP contribution in [0.2, 0.25) is 0 Å². The van der Waals surface area contributed by atoms with Gasteiger partial charge >= 0.3 is 0 Å². The van der Waals surface area contributed by atoms with Gasteiger partial charge in [0, 0.05) is 0 Å². The molecule has 33 heavy (non-hydrogen) atoms. The Balaban J connectivity index is 1.37. The monoisotopic (exact) mass is 443 g/mol. The summed E-state index contributed by atoms with van der Waals surface area (Å²) in [6, 6.07) is 25.5. The maximum Gasteiger partial charge on any atom is 0.258 e. The molecule has 0 bridgehead atoms. The van der Waals surface area contributed by atoms with E-state index in [2.05, 4.69) is 35.9 Å². The van der Waals surface area contributed by atoms with Crippen LogP contribution in [0.15, 0.2) is 78.9 Å². The van der Waals surface area contributed by atoms with Crippen LogP contribution in [0.25, 0.3) is 11.0 Å². The second kappa shape index (κ2) is 10.7. The molecule has 1 aromatic heterocycles. The van der Waals surface area contributed by atoms with Gasteiger partial charge in [0.2, 0.25) is 0 Å². The lowest BCUT2D eigenvalue weighted by molar-refractivity contribution is -0.123. The number of nitrogens with one attached hydrogen (secondary N) is 1. The van der Waals surface area contributed by atoms with E-state index in [4.69, 9.17) is 14.5 Å². The van der Waals surface area contributed by atoms with Gasteiger partial charge in [0.05, 0.1) is 24.1 Å². The normalized spacial score (nSPS) is 11.0. The Bertz CT molecular complexity index is 1180. The minimum absolute atomic E-state index is 0.0419. The zero-order valence-electron chi connectivity index (χ0n) is 19.0. The lowest BCUT2D eigenvalue weighted by atomic mass is 10.0. The molecule has 0 unspecified atom stereocenters. The van der Waals surface area contributed by atoms with Crippen LogP contribution in [0, 0.1) is 0 Å². The van der Waals surface area contributed by atoms with Crippen molar-refractivity contribution in [3.63, 3.8) is 0 Å². The SMILES string of the molecule is CC(C)c1ccc(OCCn2c(CNC(=O)COc3ccccc3)nc3ccccc32)cc1. The van der Waals surface area contributed by atoms with Gasteiger partial charge in [-0.05, 0) is 47.9 Å². The molecule has 1 heterocycles. The van der Waals surface area contributed by atoms with Gasteiger partial charge < -0.3 is 19.4 Å². The van der Waals surface area contributed by atoms with E-state index in [0.717, 1.165) is 22.6 Å². The van der Waals surface area contributed by atoms with E-state index < -0.39 is 0 Å². The molecular weight excluding hydrogens is 414 g/mol. The summed E-state index contributed by atoms with van der Waals surface area (Å²) >= 11 is 0. The molecule has 0 aliphatic heterocycles. The minimum Gasteiger partial charge on any atom is -0.492 e. The molecule has 0 saturated carbocycles. The van der Waals surface area contributed by atoms with Gasteiger partial charge in [0.15, 0.2) is 6.61 Å². The minimum atomic E-state index is -0.195. The summed E-state index contributed by atoms with van der Waals surface area (Å²) in [4.78, 5) is 17.0. The summed E-state index contributed by atoms with van der Waals surface area (Å²) in [5.41, 5.74) is 3.20. The number of hydrogen-bond donors (Lipinski definition) is 1. The molecule has 1 amide bonds. The van der Waals surface area contributed by atoms with E-state index in [0.29, 0.717) is 31.4 Å². The third-order valence-corrected chi connectivity index (χ3v) is 5.42. The number of carbonyl (C=O) groups excluding carboxylic acids is 1. The van der Waals surface area contributed by atoms with Crippen LogP contribution in [-0.4, -0.2) is 28.7 Å². The lowest BCUT2D eigenvalue weighted by Gasteiger charge is -2.12. The number of rotatable bonds is 10. The molecule has 0 spiro atoms. The molecular formula is C27H29N3O3. The Morgan fingerprint density at radius 2 is 1.61 bits per heavy atom.